The van der Waals surface area contributed by atoms with Gasteiger partial charge < -0.3 is 9.84 Å². The Morgan fingerprint density at radius 2 is 1.93 bits per heavy atom. The molecule has 146 valence electrons. The van der Waals surface area contributed by atoms with Crippen LogP contribution in [0.15, 0.2) is 28.8 Å². The fraction of sp³-hybridized carbons (Fsp3) is 0.409. The molecule has 2 aromatic heterocycles. The van der Waals surface area contributed by atoms with E-state index in [4.69, 9.17) is 4.52 Å². The Bertz CT molecular complexity index is 1020. The van der Waals surface area contributed by atoms with Gasteiger partial charge in [-0.25, -0.2) is 0 Å². The zero-order valence-electron chi connectivity index (χ0n) is 16.7. The maximum atomic E-state index is 12.9. The average Bonchev–Trinajstić information content (AvgIpc) is 3.09. The Morgan fingerprint density at radius 3 is 2.75 bits per heavy atom. The highest BCUT2D eigenvalue weighted by atomic mass is 16.5. The summed E-state index contributed by atoms with van der Waals surface area (Å²) in [6, 6.07) is 8.27. The van der Waals surface area contributed by atoms with Gasteiger partial charge in [0.1, 0.15) is 5.76 Å². The molecular weight excluding hydrogens is 352 g/mol. The molecule has 6 heteroatoms. The number of nitrogens with one attached hydrogen (secondary N) is 1. The Kier molecular flexibility index (Phi) is 5.03. The lowest BCUT2D eigenvalue weighted by molar-refractivity contribution is 0.101. The number of hydrogen-bond acceptors (Lipinski definition) is 4. The van der Waals surface area contributed by atoms with Crippen LogP contribution in [-0.2, 0) is 19.4 Å². The monoisotopic (exact) mass is 378 g/mol. The largest absolute Gasteiger partial charge is 0.360 e. The van der Waals surface area contributed by atoms with Crippen molar-refractivity contribution in [3.05, 3.63) is 63.8 Å². The summed E-state index contributed by atoms with van der Waals surface area (Å²) >= 11 is 0. The van der Waals surface area contributed by atoms with Crippen molar-refractivity contribution in [2.24, 2.45) is 0 Å². The standard InChI is InChI=1S/C22H26N4O2/c1-14-9-7-8-10-17(14)13-26-16(3)20(15(2)24-26)23-22(27)21-18-11-5-4-6-12-19(18)28-25-21/h7-10H,4-6,11-13H2,1-3H3,(H,23,27). The third-order valence-corrected chi connectivity index (χ3v) is 5.62. The van der Waals surface area contributed by atoms with Crippen LogP contribution in [0.3, 0.4) is 0 Å². The van der Waals surface area contributed by atoms with Crippen LogP contribution in [0.1, 0.15) is 63.6 Å². The van der Waals surface area contributed by atoms with E-state index in [1.54, 1.807) is 0 Å². The van der Waals surface area contributed by atoms with Gasteiger partial charge in [0.2, 0.25) is 0 Å². The molecule has 0 spiro atoms. The summed E-state index contributed by atoms with van der Waals surface area (Å²) in [5, 5.41) is 11.7. The number of aryl methyl sites for hydroxylation is 3. The molecule has 6 nitrogen and oxygen atoms in total. The number of benzene rings is 1. The van der Waals surface area contributed by atoms with Crippen LogP contribution in [0, 0.1) is 20.8 Å². The molecule has 3 aromatic rings. The van der Waals surface area contributed by atoms with Gasteiger partial charge >= 0.3 is 0 Å². The van der Waals surface area contributed by atoms with Crippen LogP contribution < -0.4 is 5.32 Å². The molecule has 0 fully saturated rings. The third kappa shape index (κ3) is 3.46. The van der Waals surface area contributed by atoms with E-state index in [1.807, 2.05) is 30.7 Å². The van der Waals surface area contributed by atoms with Crippen molar-refractivity contribution in [3.8, 4) is 0 Å². The fourth-order valence-corrected chi connectivity index (χ4v) is 3.89. The van der Waals surface area contributed by atoms with E-state index in [1.165, 1.54) is 11.1 Å². The molecule has 0 atom stereocenters. The van der Waals surface area contributed by atoms with Gasteiger partial charge in [0.05, 0.1) is 23.6 Å². The van der Waals surface area contributed by atoms with Crippen molar-refractivity contribution in [2.75, 3.05) is 5.32 Å². The Labute approximate surface area is 164 Å². The molecule has 0 bridgehead atoms. The lowest BCUT2D eigenvalue weighted by atomic mass is 10.1. The molecule has 2 heterocycles. The molecule has 0 saturated heterocycles. The van der Waals surface area contributed by atoms with E-state index in [9.17, 15) is 4.79 Å². The van der Waals surface area contributed by atoms with E-state index >= 15 is 0 Å². The molecular formula is C22H26N4O2. The maximum Gasteiger partial charge on any atom is 0.278 e. The quantitative estimate of drug-likeness (QED) is 0.685. The Morgan fingerprint density at radius 1 is 1.14 bits per heavy atom. The molecule has 1 N–H and O–H groups in total. The normalized spacial score (nSPS) is 13.8. The zero-order chi connectivity index (χ0) is 19.7. The second kappa shape index (κ2) is 7.62. The van der Waals surface area contributed by atoms with E-state index in [2.05, 4.69) is 34.6 Å². The van der Waals surface area contributed by atoms with Crippen molar-refractivity contribution < 1.29 is 9.32 Å². The second-order valence-electron chi connectivity index (χ2n) is 7.58. The van der Waals surface area contributed by atoms with Gasteiger partial charge in [-0.3, -0.25) is 9.48 Å². The molecule has 4 rings (SSSR count). The molecule has 1 aliphatic carbocycles. The minimum absolute atomic E-state index is 0.214. The van der Waals surface area contributed by atoms with Crippen molar-refractivity contribution >= 4 is 11.6 Å². The molecule has 1 amide bonds. The van der Waals surface area contributed by atoms with E-state index in [-0.39, 0.29) is 5.91 Å². The lowest BCUT2D eigenvalue weighted by Gasteiger charge is -2.09. The smallest absolute Gasteiger partial charge is 0.278 e. The first-order valence-electron chi connectivity index (χ1n) is 9.92. The van der Waals surface area contributed by atoms with Gasteiger partial charge in [0.15, 0.2) is 5.69 Å². The summed E-state index contributed by atoms with van der Waals surface area (Å²) < 4.78 is 7.39. The van der Waals surface area contributed by atoms with Crippen LogP contribution in [0.5, 0.6) is 0 Å². The fourth-order valence-electron chi connectivity index (χ4n) is 3.89. The second-order valence-corrected chi connectivity index (χ2v) is 7.58. The third-order valence-electron chi connectivity index (χ3n) is 5.62. The number of rotatable bonds is 4. The highest BCUT2D eigenvalue weighted by Gasteiger charge is 2.24. The maximum absolute atomic E-state index is 12.9. The first-order valence-corrected chi connectivity index (χ1v) is 9.92. The molecule has 1 aliphatic rings. The summed E-state index contributed by atoms with van der Waals surface area (Å²) in [7, 11) is 0. The number of nitrogens with zero attached hydrogens (tertiary/aromatic N) is 3. The first kappa shape index (κ1) is 18.5. The summed E-state index contributed by atoms with van der Waals surface area (Å²) in [5.74, 6) is 0.653. The van der Waals surface area contributed by atoms with Crippen molar-refractivity contribution in [1.82, 2.24) is 14.9 Å². The number of anilines is 1. The Hall–Kier alpha value is -2.89. The van der Waals surface area contributed by atoms with Gasteiger partial charge in [-0.15, -0.1) is 0 Å². The van der Waals surface area contributed by atoms with Gasteiger partial charge in [-0.2, -0.15) is 5.10 Å². The highest BCUT2D eigenvalue weighted by molar-refractivity contribution is 6.04. The number of aromatic nitrogens is 3. The lowest BCUT2D eigenvalue weighted by Crippen LogP contribution is -2.16. The van der Waals surface area contributed by atoms with E-state index in [0.717, 1.165) is 60.5 Å². The average molecular weight is 378 g/mol. The van der Waals surface area contributed by atoms with Crippen LogP contribution in [0.4, 0.5) is 5.69 Å². The van der Waals surface area contributed by atoms with Crippen LogP contribution in [0.2, 0.25) is 0 Å². The summed E-state index contributed by atoms with van der Waals surface area (Å²) in [6.07, 6.45) is 5.04. The number of carbonyl (C=O) groups is 1. The van der Waals surface area contributed by atoms with Crippen molar-refractivity contribution in [1.29, 1.82) is 0 Å². The minimum atomic E-state index is -0.214. The molecule has 0 unspecified atom stereocenters. The molecule has 0 aliphatic heterocycles. The van der Waals surface area contributed by atoms with Gasteiger partial charge in [-0.05, 0) is 51.2 Å². The van der Waals surface area contributed by atoms with Crippen molar-refractivity contribution in [2.45, 2.75) is 59.4 Å². The topological polar surface area (TPSA) is 73.0 Å². The van der Waals surface area contributed by atoms with Crippen LogP contribution >= 0.6 is 0 Å². The van der Waals surface area contributed by atoms with E-state index in [0.29, 0.717) is 12.2 Å². The van der Waals surface area contributed by atoms with Crippen LogP contribution in [0.25, 0.3) is 0 Å². The predicted molar refractivity (Wildman–Crippen MR) is 108 cm³/mol. The van der Waals surface area contributed by atoms with E-state index < -0.39 is 0 Å². The number of carbonyl (C=O) groups excluding carboxylic acids is 1. The number of amides is 1. The molecule has 0 saturated carbocycles. The summed E-state index contributed by atoms with van der Waals surface area (Å²) in [5.41, 5.74) is 6.32. The SMILES string of the molecule is Cc1ccccc1Cn1nc(C)c(NC(=O)c2noc3c2CCCCC3)c1C. The Balaban J connectivity index is 1.57. The highest BCUT2D eigenvalue weighted by Crippen LogP contribution is 2.26. The zero-order valence-corrected chi connectivity index (χ0v) is 16.7. The van der Waals surface area contributed by atoms with Crippen LogP contribution in [-0.4, -0.2) is 20.8 Å². The minimum Gasteiger partial charge on any atom is -0.360 e. The van der Waals surface area contributed by atoms with Crippen molar-refractivity contribution in [3.63, 3.8) is 0 Å². The van der Waals surface area contributed by atoms with Gasteiger partial charge in [-0.1, -0.05) is 35.8 Å². The summed E-state index contributed by atoms with van der Waals surface area (Å²) in [6.45, 7) is 6.67. The number of hydrogen-bond donors (Lipinski definition) is 1. The molecule has 28 heavy (non-hydrogen) atoms. The molecule has 1 aromatic carbocycles. The summed E-state index contributed by atoms with van der Waals surface area (Å²) in [4.78, 5) is 12.9. The predicted octanol–water partition coefficient (Wildman–Crippen LogP) is 4.37. The first-order chi connectivity index (χ1) is 13.5. The van der Waals surface area contributed by atoms with Gasteiger partial charge in [0, 0.05) is 12.0 Å². The molecule has 0 radical (unpaired) electrons. The van der Waals surface area contributed by atoms with Gasteiger partial charge in [0.25, 0.3) is 5.91 Å². The number of fused-ring (bicyclic) bond motifs is 1.